The summed E-state index contributed by atoms with van der Waals surface area (Å²) in [5, 5.41) is 3.43. The van der Waals surface area contributed by atoms with Crippen LogP contribution in [0.15, 0.2) is 12.4 Å². The van der Waals surface area contributed by atoms with Crippen LogP contribution in [0, 0.1) is 0 Å². The maximum absolute atomic E-state index is 5.84. The molecule has 1 aromatic heterocycles. The van der Waals surface area contributed by atoms with Gasteiger partial charge in [-0.05, 0) is 12.8 Å². The van der Waals surface area contributed by atoms with Crippen molar-refractivity contribution in [3.8, 4) is 5.88 Å². The van der Waals surface area contributed by atoms with Crippen LogP contribution < -0.4 is 10.1 Å². The number of nitrogens with one attached hydrogen (secondary N) is 1. The Morgan fingerprint density at radius 3 is 2.83 bits per heavy atom. The largest absolute Gasteiger partial charge is 0.473 e. The molecule has 2 aliphatic rings. The van der Waals surface area contributed by atoms with Crippen LogP contribution in [0.4, 0.5) is 0 Å². The van der Waals surface area contributed by atoms with Gasteiger partial charge >= 0.3 is 0 Å². The third-order valence-corrected chi connectivity index (χ3v) is 3.27. The fourth-order valence-corrected chi connectivity index (χ4v) is 2.03. The zero-order chi connectivity index (χ0) is 12.2. The summed E-state index contributed by atoms with van der Waals surface area (Å²) in [7, 11) is 0. The van der Waals surface area contributed by atoms with Gasteiger partial charge in [-0.3, -0.25) is 4.98 Å². The van der Waals surface area contributed by atoms with Crippen molar-refractivity contribution >= 4 is 0 Å². The van der Waals surface area contributed by atoms with Crippen LogP contribution in [0.3, 0.4) is 0 Å². The maximum Gasteiger partial charge on any atom is 0.232 e. The minimum atomic E-state index is 0.222. The van der Waals surface area contributed by atoms with E-state index in [2.05, 4.69) is 15.3 Å². The summed E-state index contributed by atoms with van der Waals surface area (Å²) in [6.45, 7) is 2.34. The van der Waals surface area contributed by atoms with Gasteiger partial charge in [0.05, 0.1) is 25.1 Å². The second-order valence-corrected chi connectivity index (χ2v) is 4.93. The first-order valence-electron chi connectivity index (χ1n) is 6.69. The number of hydrogen-bond acceptors (Lipinski definition) is 5. The fourth-order valence-electron chi connectivity index (χ4n) is 2.03. The molecule has 5 nitrogen and oxygen atoms in total. The summed E-state index contributed by atoms with van der Waals surface area (Å²) < 4.78 is 11.1. The lowest BCUT2D eigenvalue weighted by Gasteiger charge is -2.22. The van der Waals surface area contributed by atoms with Crippen molar-refractivity contribution < 1.29 is 9.47 Å². The molecular weight excluding hydrogens is 230 g/mol. The average Bonchev–Trinajstić information content (AvgIpc) is 3.22. The van der Waals surface area contributed by atoms with Gasteiger partial charge in [-0.25, -0.2) is 4.98 Å². The lowest BCUT2D eigenvalue weighted by molar-refractivity contribution is 0.0235. The van der Waals surface area contributed by atoms with Crippen molar-refractivity contribution in [3.05, 3.63) is 18.1 Å². The summed E-state index contributed by atoms with van der Waals surface area (Å²) in [5.41, 5.74) is 0.950. The van der Waals surface area contributed by atoms with Gasteiger partial charge in [-0.15, -0.1) is 0 Å². The number of nitrogens with zero attached hydrogens (tertiary/aromatic N) is 2. The molecule has 0 aromatic carbocycles. The normalized spacial score (nSPS) is 20.9. The van der Waals surface area contributed by atoms with Crippen molar-refractivity contribution in [2.75, 3.05) is 13.2 Å². The van der Waals surface area contributed by atoms with Crippen LogP contribution in [0.2, 0.25) is 0 Å². The van der Waals surface area contributed by atoms with Crippen LogP contribution in [0.25, 0.3) is 0 Å². The molecule has 0 bridgehead atoms. The van der Waals surface area contributed by atoms with Gasteiger partial charge in [0.15, 0.2) is 0 Å². The summed E-state index contributed by atoms with van der Waals surface area (Å²) in [4.78, 5) is 8.67. The molecule has 1 aromatic rings. The number of rotatable bonds is 5. The quantitative estimate of drug-likeness (QED) is 0.852. The number of ether oxygens (including phenoxy) is 2. The van der Waals surface area contributed by atoms with Gasteiger partial charge in [-0.2, -0.15) is 0 Å². The van der Waals surface area contributed by atoms with Crippen molar-refractivity contribution in [2.45, 2.75) is 44.4 Å². The molecule has 98 valence electrons. The first-order valence-corrected chi connectivity index (χ1v) is 6.69. The van der Waals surface area contributed by atoms with E-state index in [1.54, 1.807) is 12.4 Å². The molecule has 1 saturated carbocycles. The molecule has 18 heavy (non-hydrogen) atoms. The standard InChI is InChI=1S/C13H19N3O2/c1-2-10(1)15-8-11-7-14-9-13(16-11)18-12-3-5-17-6-4-12/h7,9-10,12,15H,1-6,8H2. The molecule has 2 heterocycles. The highest BCUT2D eigenvalue weighted by Crippen LogP contribution is 2.19. The molecule has 0 unspecified atom stereocenters. The molecule has 0 amide bonds. The maximum atomic E-state index is 5.84. The highest BCUT2D eigenvalue weighted by Gasteiger charge is 2.20. The predicted octanol–water partition coefficient (Wildman–Crippen LogP) is 1.29. The van der Waals surface area contributed by atoms with Crippen molar-refractivity contribution in [2.24, 2.45) is 0 Å². The highest BCUT2D eigenvalue weighted by atomic mass is 16.5. The lowest BCUT2D eigenvalue weighted by atomic mass is 10.2. The van der Waals surface area contributed by atoms with E-state index >= 15 is 0 Å². The summed E-state index contributed by atoms with van der Waals surface area (Å²) in [6.07, 6.45) is 8.15. The van der Waals surface area contributed by atoms with Gasteiger partial charge in [0.25, 0.3) is 0 Å². The first-order chi connectivity index (χ1) is 8.90. The molecule has 0 atom stereocenters. The number of aromatic nitrogens is 2. The highest BCUT2D eigenvalue weighted by molar-refractivity contribution is 5.09. The van der Waals surface area contributed by atoms with Crippen LogP contribution in [-0.2, 0) is 11.3 Å². The van der Waals surface area contributed by atoms with Crippen LogP contribution in [0.5, 0.6) is 5.88 Å². The summed E-state index contributed by atoms with van der Waals surface area (Å²) in [6, 6.07) is 0.687. The van der Waals surface area contributed by atoms with Crippen LogP contribution in [0.1, 0.15) is 31.4 Å². The van der Waals surface area contributed by atoms with Crippen molar-refractivity contribution in [1.29, 1.82) is 0 Å². The van der Waals surface area contributed by atoms with Gasteiger partial charge < -0.3 is 14.8 Å². The Bertz CT molecular complexity index is 390. The molecule has 3 rings (SSSR count). The number of hydrogen-bond donors (Lipinski definition) is 1. The van der Waals surface area contributed by atoms with Crippen molar-refractivity contribution in [3.63, 3.8) is 0 Å². The monoisotopic (exact) mass is 249 g/mol. The van der Waals surface area contributed by atoms with Crippen molar-refractivity contribution in [1.82, 2.24) is 15.3 Å². The van der Waals surface area contributed by atoms with Gasteiger partial charge in [0, 0.05) is 31.6 Å². The van der Waals surface area contributed by atoms with E-state index in [9.17, 15) is 0 Å². The minimum Gasteiger partial charge on any atom is -0.473 e. The Hall–Kier alpha value is -1.20. The van der Waals surface area contributed by atoms with Crippen LogP contribution >= 0.6 is 0 Å². The Kier molecular flexibility index (Phi) is 3.71. The molecular formula is C13H19N3O2. The van der Waals surface area contributed by atoms with E-state index in [-0.39, 0.29) is 6.10 Å². The predicted molar refractivity (Wildman–Crippen MR) is 66.4 cm³/mol. The molecule has 0 spiro atoms. The zero-order valence-corrected chi connectivity index (χ0v) is 10.5. The third kappa shape index (κ3) is 3.40. The second-order valence-electron chi connectivity index (χ2n) is 4.93. The van der Waals surface area contributed by atoms with E-state index in [1.165, 1.54) is 12.8 Å². The van der Waals surface area contributed by atoms with E-state index < -0.39 is 0 Å². The second kappa shape index (κ2) is 5.63. The van der Waals surface area contributed by atoms with Gasteiger partial charge in [0.2, 0.25) is 5.88 Å². The van der Waals surface area contributed by atoms with Crippen LogP contribution in [-0.4, -0.2) is 35.3 Å². The third-order valence-electron chi connectivity index (χ3n) is 3.27. The van der Waals surface area contributed by atoms with E-state index in [1.807, 2.05) is 0 Å². The summed E-state index contributed by atoms with van der Waals surface area (Å²) >= 11 is 0. The van der Waals surface area contributed by atoms with E-state index in [0.717, 1.165) is 38.3 Å². The minimum absolute atomic E-state index is 0.222. The Morgan fingerprint density at radius 1 is 1.22 bits per heavy atom. The Morgan fingerprint density at radius 2 is 2.06 bits per heavy atom. The zero-order valence-electron chi connectivity index (χ0n) is 10.5. The summed E-state index contributed by atoms with van der Waals surface area (Å²) in [5.74, 6) is 0.636. The molecule has 5 heteroatoms. The van der Waals surface area contributed by atoms with E-state index in [4.69, 9.17) is 9.47 Å². The first kappa shape index (κ1) is 11.9. The van der Waals surface area contributed by atoms with E-state index in [0.29, 0.717) is 11.9 Å². The topological polar surface area (TPSA) is 56.3 Å². The fraction of sp³-hybridized carbons (Fsp3) is 0.692. The lowest BCUT2D eigenvalue weighted by Crippen LogP contribution is -2.26. The SMILES string of the molecule is c1ncc(OC2CCOCC2)nc1CNC1CC1. The smallest absolute Gasteiger partial charge is 0.232 e. The Labute approximate surface area is 107 Å². The molecule has 1 N–H and O–H groups in total. The molecule has 1 aliphatic carbocycles. The molecule has 1 saturated heterocycles. The van der Waals surface area contributed by atoms with Gasteiger partial charge in [-0.1, -0.05) is 0 Å². The Balaban J connectivity index is 1.55. The molecule has 0 radical (unpaired) electrons. The average molecular weight is 249 g/mol. The molecule has 1 aliphatic heterocycles. The molecule has 2 fully saturated rings. The van der Waals surface area contributed by atoms with Gasteiger partial charge in [0.1, 0.15) is 6.10 Å².